The Morgan fingerprint density at radius 1 is 1.12 bits per heavy atom. The molecule has 0 unspecified atom stereocenters. The lowest BCUT2D eigenvalue weighted by molar-refractivity contribution is 0.0601. The number of hydrogen-bond donors (Lipinski definition) is 2. The lowest BCUT2D eigenvalue weighted by atomic mass is 10.2. The molecule has 0 fully saturated rings. The van der Waals surface area contributed by atoms with Gasteiger partial charge in [0, 0.05) is 6.20 Å². The van der Waals surface area contributed by atoms with Crippen LogP contribution in [0.2, 0.25) is 5.02 Å². The first-order valence-electron chi connectivity index (χ1n) is 7.56. The molecule has 3 rings (SSSR count). The number of aromatic nitrogens is 2. The lowest BCUT2D eigenvalue weighted by Crippen LogP contribution is -2.04. The summed E-state index contributed by atoms with van der Waals surface area (Å²) in [7, 11) is 1.30. The zero-order valence-electron chi connectivity index (χ0n) is 13.7. The average Bonchev–Trinajstić information content (AvgIpc) is 2.65. The van der Waals surface area contributed by atoms with Gasteiger partial charge in [0.1, 0.15) is 11.6 Å². The lowest BCUT2D eigenvalue weighted by Gasteiger charge is -2.11. The van der Waals surface area contributed by atoms with Gasteiger partial charge in [-0.3, -0.25) is 0 Å². The number of esters is 1. The van der Waals surface area contributed by atoms with E-state index < -0.39 is 11.8 Å². The summed E-state index contributed by atoms with van der Waals surface area (Å²) < 4.78 is 18.4. The molecule has 0 radical (unpaired) electrons. The number of carbonyl (C=O) groups is 1. The molecule has 8 heteroatoms. The van der Waals surface area contributed by atoms with Gasteiger partial charge in [0.2, 0.25) is 5.95 Å². The van der Waals surface area contributed by atoms with Crippen LogP contribution in [0.3, 0.4) is 0 Å². The number of ether oxygens (including phenoxy) is 1. The van der Waals surface area contributed by atoms with E-state index in [-0.39, 0.29) is 5.95 Å². The topological polar surface area (TPSA) is 76.1 Å². The fraction of sp³-hybridized carbons (Fsp3) is 0.0556. The molecule has 0 bridgehead atoms. The summed E-state index contributed by atoms with van der Waals surface area (Å²) in [6.07, 6.45) is 1.51. The normalized spacial score (nSPS) is 10.3. The Bertz CT molecular complexity index is 952. The second-order valence-corrected chi connectivity index (χ2v) is 5.59. The summed E-state index contributed by atoms with van der Waals surface area (Å²) in [5, 5.41) is 6.20. The van der Waals surface area contributed by atoms with Crippen LogP contribution >= 0.6 is 11.6 Å². The summed E-state index contributed by atoms with van der Waals surface area (Å²) in [6.45, 7) is 0. The second kappa shape index (κ2) is 7.79. The summed E-state index contributed by atoms with van der Waals surface area (Å²) >= 11 is 6.15. The number of para-hydroxylation sites is 1. The van der Waals surface area contributed by atoms with Crippen molar-refractivity contribution < 1.29 is 13.9 Å². The molecule has 2 aromatic carbocycles. The second-order valence-electron chi connectivity index (χ2n) is 5.18. The van der Waals surface area contributed by atoms with E-state index in [4.69, 9.17) is 16.3 Å². The highest BCUT2D eigenvalue weighted by molar-refractivity contribution is 6.33. The smallest absolute Gasteiger partial charge is 0.337 e. The van der Waals surface area contributed by atoms with E-state index in [9.17, 15) is 9.18 Å². The maximum Gasteiger partial charge on any atom is 0.337 e. The maximum absolute atomic E-state index is 13.7. The molecular weight excluding hydrogens is 359 g/mol. The highest BCUT2D eigenvalue weighted by atomic mass is 35.5. The third kappa shape index (κ3) is 4.07. The van der Waals surface area contributed by atoms with Crippen molar-refractivity contribution in [1.82, 2.24) is 9.97 Å². The predicted octanol–water partition coefficient (Wildman–Crippen LogP) is 4.54. The van der Waals surface area contributed by atoms with Crippen molar-refractivity contribution in [3.63, 3.8) is 0 Å². The Balaban J connectivity index is 1.83. The first-order chi connectivity index (χ1) is 12.6. The Hall–Kier alpha value is -3.19. The molecule has 3 aromatic rings. The van der Waals surface area contributed by atoms with Crippen molar-refractivity contribution in [2.24, 2.45) is 0 Å². The molecule has 0 aliphatic heterocycles. The summed E-state index contributed by atoms with van der Waals surface area (Å²) in [6, 6.07) is 12.5. The minimum Gasteiger partial charge on any atom is -0.465 e. The molecule has 1 heterocycles. The number of carbonyl (C=O) groups excluding carboxylic acids is 1. The van der Waals surface area contributed by atoms with Crippen LogP contribution in [0, 0.1) is 5.82 Å². The first kappa shape index (κ1) is 17.6. The molecule has 2 N–H and O–H groups in total. The molecule has 132 valence electrons. The number of benzene rings is 2. The van der Waals surface area contributed by atoms with Crippen molar-refractivity contribution in [1.29, 1.82) is 0 Å². The minimum atomic E-state index is -0.486. The van der Waals surface area contributed by atoms with Gasteiger partial charge in [-0.05, 0) is 36.4 Å². The number of rotatable bonds is 5. The Morgan fingerprint density at radius 3 is 2.69 bits per heavy atom. The molecule has 0 saturated carbocycles. The summed E-state index contributed by atoms with van der Waals surface area (Å²) in [4.78, 5) is 20.0. The van der Waals surface area contributed by atoms with Gasteiger partial charge in [0.25, 0.3) is 0 Å². The van der Waals surface area contributed by atoms with E-state index in [0.29, 0.717) is 27.8 Å². The van der Waals surface area contributed by atoms with Crippen molar-refractivity contribution >= 4 is 40.7 Å². The van der Waals surface area contributed by atoms with Gasteiger partial charge in [-0.2, -0.15) is 4.98 Å². The van der Waals surface area contributed by atoms with E-state index in [1.807, 2.05) is 0 Å². The van der Waals surface area contributed by atoms with Crippen LogP contribution in [0.1, 0.15) is 10.4 Å². The Labute approximate surface area is 154 Å². The van der Waals surface area contributed by atoms with Gasteiger partial charge in [0.05, 0.1) is 29.1 Å². The third-order valence-electron chi connectivity index (χ3n) is 3.43. The maximum atomic E-state index is 13.7. The number of hydrogen-bond acceptors (Lipinski definition) is 6. The number of halogens is 2. The molecule has 0 amide bonds. The van der Waals surface area contributed by atoms with Gasteiger partial charge >= 0.3 is 5.97 Å². The highest BCUT2D eigenvalue weighted by Crippen LogP contribution is 2.26. The van der Waals surface area contributed by atoms with Crippen molar-refractivity contribution in [3.05, 3.63) is 71.1 Å². The van der Waals surface area contributed by atoms with Crippen molar-refractivity contribution in [2.45, 2.75) is 0 Å². The van der Waals surface area contributed by atoms with Gasteiger partial charge in [-0.25, -0.2) is 14.2 Å². The minimum absolute atomic E-state index is 0.232. The van der Waals surface area contributed by atoms with Gasteiger partial charge in [0.15, 0.2) is 0 Å². The van der Waals surface area contributed by atoms with Gasteiger partial charge in [-0.1, -0.05) is 23.7 Å². The SMILES string of the molecule is COC(=O)c1ccc(Cl)c(Nc2nccc(Nc3ccccc3F)n2)c1. The molecule has 1 aromatic heterocycles. The van der Waals surface area contributed by atoms with Crippen LogP contribution in [0.4, 0.5) is 27.5 Å². The zero-order valence-corrected chi connectivity index (χ0v) is 14.4. The van der Waals surface area contributed by atoms with Crippen LogP contribution in [0.5, 0.6) is 0 Å². The Morgan fingerprint density at radius 2 is 1.92 bits per heavy atom. The fourth-order valence-corrected chi connectivity index (χ4v) is 2.34. The van der Waals surface area contributed by atoms with E-state index >= 15 is 0 Å². The molecule has 0 atom stereocenters. The number of nitrogens with one attached hydrogen (secondary N) is 2. The molecule has 0 spiro atoms. The van der Waals surface area contributed by atoms with Crippen LogP contribution in [0.25, 0.3) is 0 Å². The standard InChI is InChI=1S/C18H14ClFN4O2/c1-26-17(25)11-6-7-12(19)15(10-11)23-18-21-9-8-16(24-18)22-14-5-3-2-4-13(14)20/h2-10H,1H3,(H2,21,22,23,24). The van der Waals surface area contributed by atoms with Crippen molar-refractivity contribution in [2.75, 3.05) is 17.7 Å². The molecule has 0 aliphatic carbocycles. The van der Waals surface area contributed by atoms with Gasteiger partial charge in [-0.15, -0.1) is 0 Å². The number of methoxy groups -OCH3 is 1. The summed E-state index contributed by atoms with van der Waals surface area (Å²) in [5.41, 5.74) is 1.07. The van der Waals surface area contributed by atoms with Crippen molar-refractivity contribution in [3.8, 4) is 0 Å². The van der Waals surface area contributed by atoms with E-state index in [1.54, 1.807) is 36.4 Å². The Kier molecular flexibility index (Phi) is 5.28. The molecule has 0 saturated heterocycles. The number of nitrogens with zero attached hydrogens (tertiary/aromatic N) is 2. The zero-order chi connectivity index (χ0) is 18.5. The number of anilines is 4. The molecule has 0 aliphatic rings. The van der Waals surface area contributed by atoms with Crippen LogP contribution in [0.15, 0.2) is 54.7 Å². The quantitative estimate of drug-likeness (QED) is 0.640. The molecule has 6 nitrogen and oxygen atoms in total. The van der Waals surface area contributed by atoms with E-state index in [2.05, 4.69) is 20.6 Å². The average molecular weight is 373 g/mol. The monoisotopic (exact) mass is 372 g/mol. The van der Waals surface area contributed by atoms with E-state index in [1.165, 1.54) is 25.4 Å². The van der Waals surface area contributed by atoms with Gasteiger partial charge < -0.3 is 15.4 Å². The molecule has 26 heavy (non-hydrogen) atoms. The largest absolute Gasteiger partial charge is 0.465 e. The van der Waals surface area contributed by atoms with Crippen LogP contribution in [-0.4, -0.2) is 23.0 Å². The predicted molar refractivity (Wildman–Crippen MR) is 97.8 cm³/mol. The molecular formula is C18H14ClFN4O2. The summed E-state index contributed by atoms with van der Waals surface area (Å²) in [5.74, 6) is -0.252. The fourth-order valence-electron chi connectivity index (χ4n) is 2.18. The highest BCUT2D eigenvalue weighted by Gasteiger charge is 2.10. The van der Waals surface area contributed by atoms with Crippen LogP contribution in [-0.2, 0) is 4.74 Å². The van der Waals surface area contributed by atoms with E-state index in [0.717, 1.165) is 0 Å². The third-order valence-corrected chi connectivity index (χ3v) is 3.76. The first-order valence-corrected chi connectivity index (χ1v) is 7.94. The van der Waals surface area contributed by atoms with Crippen LogP contribution < -0.4 is 10.6 Å².